The van der Waals surface area contributed by atoms with Gasteiger partial charge in [0.25, 0.3) is 0 Å². The molecule has 2 aromatic carbocycles. The number of anilines is 2. The van der Waals surface area contributed by atoms with E-state index in [0.717, 1.165) is 14.8 Å². The third-order valence-electron chi connectivity index (χ3n) is 3.46. The Morgan fingerprint density at radius 1 is 1.39 bits per heavy atom. The zero-order chi connectivity index (χ0) is 16.6. The second-order valence-electron chi connectivity index (χ2n) is 4.93. The zero-order valence-corrected chi connectivity index (χ0v) is 15.4. The standard InChI is InChI=1S/C16H13FIN2O2S/c1-8-5-9(18)3-4-11(8)20-14-10(16(21)22-2)6-12-15(13(14)17)23-7-19-12/h3-7,20,23H,1-2H3. The minimum Gasteiger partial charge on any atom is -0.465 e. The molecule has 119 valence electrons. The molecule has 23 heavy (non-hydrogen) atoms. The van der Waals surface area contributed by atoms with Crippen LogP contribution in [0.2, 0.25) is 0 Å². The normalized spacial score (nSPS) is 12.2. The molecule has 3 rings (SSSR count). The summed E-state index contributed by atoms with van der Waals surface area (Å²) in [4.78, 5) is 16.6. The lowest BCUT2D eigenvalue weighted by Crippen LogP contribution is -2.08. The van der Waals surface area contributed by atoms with E-state index in [1.807, 2.05) is 25.1 Å². The molecule has 0 atom stereocenters. The number of ether oxygens (including phenoxy) is 1. The number of hydrogen-bond donors (Lipinski definition) is 2. The van der Waals surface area contributed by atoms with Crippen LogP contribution in [-0.2, 0) is 4.74 Å². The lowest BCUT2D eigenvalue weighted by molar-refractivity contribution is 0.0601. The van der Waals surface area contributed by atoms with Crippen LogP contribution in [-0.4, -0.2) is 18.6 Å². The van der Waals surface area contributed by atoms with Crippen LogP contribution in [0.3, 0.4) is 0 Å². The van der Waals surface area contributed by atoms with Crippen molar-refractivity contribution in [3.05, 3.63) is 44.8 Å². The van der Waals surface area contributed by atoms with Gasteiger partial charge in [0.2, 0.25) is 0 Å². The highest BCUT2D eigenvalue weighted by atomic mass is 127. The van der Waals surface area contributed by atoms with Gasteiger partial charge in [-0.15, -0.1) is 11.8 Å². The summed E-state index contributed by atoms with van der Waals surface area (Å²) in [6, 6.07) is 7.32. The van der Waals surface area contributed by atoms with Gasteiger partial charge >= 0.3 is 5.97 Å². The van der Waals surface area contributed by atoms with Crippen molar-refractivity contribution in [1.29, 1.82) is 0 Å². The number of fused-ring (bicyclic) bond motifs is 1. The number of esters is 1. The van der Waals surface area contributed by atoms with E-state index in [1.54, 1.807) is 11.6 Å². The molecule has 0 bridgehead atoms. The van der Waals surface area contributed by atoms with Crippen molar-refractivity contribution < 1.29 is 13.9 Å². The molecule has 0 saturated carbocycles. The minimum absolute atomic E-state index is 0.123. The third kappa shape index (κ3) is 3.07. The van der Waals surface area contributed by atoms with Gasteiger partial charge in [-0.3, -0.25) is 0 Å². The molecule has 0 unspecified atom stereocenters. The molecule has 4 nitrogen and oxygen atoms in total. The number of rotatable bonds is 3. The van der Waals surface area contributed by atoms with Gasteiger partial charge in [-0.1, -0.05) is 0 Å². The number of carbonyl (C=O) groups excluding carboxylic acids is 1. The van der Waals surface area contributed by atoms with Crippen LogP contribution < -0.4 is 5.32 Å². The lowest BCUT2D eigenvalue weighted by atomic mass is 10.1. The first-order valence-corrected chi connectivity index (χ1v) is 8.77. The third-order valence-corrected chi connectivity index (χ3v) is 5.04. The van der Waals surface area contributed by atoms with Crippen molar-refractivity contribution in [2.45, 2.75) is 11.8 Å². The highest BCUT2D eigenvalue weighted by Crippen LogP contribution is 2.42. The van der Waals surface area contributed by atoms with Crippen molar-refractivity contribution in [2.24, 2.45) is 4.99 Å². The maximum atomic E-state index is 14.9. The molecule has 0 spiro atoms. The van der Waals surface area contributed by atoms with Gasteiger partial charge in [0.15, 0.2) is 5.82 Å². The van der Waals surface area contributed by atoms with Crippen LogP contribution in [0, 0.1) is 16.3 Å². The zero-order valence-electron chi connectivity index (χ0n) is 12.4. The Labute approximate surface area is 150 Å². The van der Waals surface area contributed by atoms with Crippen molar-refractivity contribution in [3.8, 4) is 0 Å². The number of nitrogens with one attached hydrogen (secondary N) is 1. The molecular weight excluding hydrogens is 430 g/mol. The minimum atomic E-state index is -0.601. The van der Waals surface area contributed by atoms with Gasteiger partial charge in [-0.05, 0) is 59.3 Å². The van der Waals surface area contributed by atoms with E-state index in [9.17, 15) is 9.18 Å². The number of halogens is 2. The summed E-state index contributed by atoms with van der Waals surface area (Å²) in [6.45, 7) is 1.93. The predicted octanol–water partition coefficient (Wildman–Crippen LogP) is 4.77. The Morgan fingerprint density at radius 3 is 2.87 bits per heavy atom. The van der Waals surface area contributed by atoms with Gasteiger partial charge in [0, 0.05) is 9.26 Å². The Balaban J connectivity index is 2.12. The summed E-state index contributed by atoms with van der Waals surface area (Å²) in [5.74, 6) is -1.07. The van der Waals surface area contributed by atoms with E-state index in [0.29, 0.717) is 22.3 Å². The Bertz CT molecular complexity index is 839. The van der Waals surface area contributed by atoms with E-state index in [2.05, 4.69) is 32.9 Å². The summed E-state index contributed by atoms with van der Waals surface area (Å²) in [6.07, 6.45) is 0. The van der Waals surface area contributed by atoms with E-state index in [1.165, 1.54) is 7.11 Å². The first-order chi connectivity index (χ1) is 11.0. The molecule has 1 N–H and O–H groups in total. The molecule has 1 heterocycles. The second-order valence-corrected chi connectivity index (χ2v) is 7.11. The van der Waals surface area contributed by atoms with Crippen LogP contribution in [0.4, 0.5) is 21.5 Å². The molecule has 0 aromatic heterocycles. The monoisotopic (exact) mass is 443 g/mol. The molecular formula is C16H13FIN2O2S. The number of hydrogen-bond acceptors (Lipinski definition) is 4. The molecule has 1 radical (unpaired) electrons. The number of methoxy groups -OCH3 is 1. The van der Waals surface area contributed by atoms with Crippen LogP contribution in [0.15, 0.2) is 34.2 Å². The Hall–Kier alpha value is -1.61. The summed E-state index contributed by atoms with van der Waals surface area (Å²) < 4.78 is 20.7. The lowest BCUT2D eigenvalue weighted by Gasteiger charge is -2.16. The molecule has 0 fully saturated rings. The maximum Gasteiger partial charge on any atom is 0.340 e. The summed E-state index contributed by atoms with van der Waals surface area (Å²) in [7, 11) is 1.27. The number of thiol groups is 1. The molecule has 1 aliphatic rings. The molecule has 7 heteroatoms. The van der Waals surface area contributed by atoms with E-state index in [4.69, 9.17) is 4.74 Å². The van der Waals surface area contributed by atoms with Gasteiger partial charge in [0.05, 0.1) is 34.5 Å². The first-order valence-electron chi connectivity index (χ1n) is 6.72. The summed E-state index contributed by atoms with van der Waals surface area (Å²) >= 11 is 2.89. The van der Waals surface area contributed by atoms with E-state index < -0.39 is 11.8 Å². The summed E-state index contributed by atoms with van der Waals surface area (Å²) in [5.41, 5.74) is 4.03. The van der Waals surface area contributed by atoms with Crippen molar-refractivity contribution in [1.82, 2.24) is 0 Å². The van der Waals surface area contributed by atoms with Gasteiger partial charge in [-0.25, -0.2) is 14.2 Å². The van der Waals surface area contributed by atoms with Crippen molar-refractivity contribution in [3.63, 3.8) is 0 Å². The predicted molar refractivity (Wildman–Crippen MR) is 100 cm³/mol. The first kappa shape index (κ1) is 16.3. The quantitative estimate of drug-likeness (QED) is 0.409. The fourth-order valence-corrected chi connectivity index (χ4v) is 3.72. The second kappa shape index (κ2) is 6.48. The number of carbonyl (C=O) groups is 1. The van der Waals surface area contributed by atoms with Gasteiger partial charge in [0.1, 0.15) is 0 Å². The van der Waals surface area contributed by atoms with Gasteiger partial charge < -0.3 is 10.1 Å². The summed E-state index contributed by atoms with van der Waals surface area (Å²) in [5, 5.41) is 3.04. The highest BCUT2D eigenvalue weighted by Gasteiger charge is 2.24. The molecule has 1 aliphatic heterocycles. The van der Waals surface area contributed by atoms with Gasteiger partial charge in [-0.2, -0.15) is 0 Å². The fourth-order valence-electron chi connectivity index (χ4n) is 2.29. The highest BCUT2D eigenvalue weighted by molar-refractivity contribution is 14.1. The molecule has 0 aliphatic carbocycles. The molecule has 0 saturated heterocycles. The number of benzene rings is 2. The van der Waals surface area contributed by atoms with E-state index >= 15 is 0 Å². The van der Waals surface area contributed by atoms with Crippen molar-refractivity contribution in [2.75, 3.05) is 12.4 Å². The SMILES string of the molecule is COC(=O)c1cc2c(c(F)c1Nc1ccc(I)cc1C)[SH]C=N2. The maximum absolute atomic E-state index is 14.9. The van der Waals surface area contributed by atoms with Crippen LogP contribution in [0.5, 0.6) is 0 Å². The van der Waals surface area contributed by atoms with E-state index in [-0.39, 0.29) is 11.3 Å². The van der Waals surface area contributed by atoms with Crippen molar-refractivity contribution >= 4 is 62.9 Å². The average molecular weight is 443 g/mol. The molecule has 2 aromatic rings. The average Bonchev–Trinajstić information content (AvgIpc) is 3.00. The fraction of sp³-hybridized carbons (Fsp3) is 0.125. The Kier molecular flexibility index (Phi) is 4.58. The Morgan fingerprint density at radius 2 is 2.17 bits per heavy atom. The number of nitrogens with zero attached hydrogens (tertiary/aromatic N) is 1. The smallest absolute Gasteiger partial charge is 0.340 e. The molecule has 0 amide bonds. The topological polar surface area (TPSA) is 50.7 Å². The largest absolute Gasteiger partial charge is 0.465 e. The van der Waals surface area contributed by atoms with Crippen LogP contribution in [0.25, 0.3) is 0 Å². The van der Waals surface area contributed by atoms with Crippen LogP contribution in [0.1, 0.15) is 15.9 Å². The number of aryl methyl sites for hydroxylation is 1. The number of aliphatic imine (C=N–C) groups is 1. The van der Waals surface area contributed by atoms with Crippen LogP contribution >= 0.6 is 34.4 Å².